The topological polar surface area (TPSA) is 86.5 Å². The molecule has 3 unspecified atom stereocenters. The van der Waals surface area contributed by atoms with Gasteiger partial charge in [-0.25, -0.2) is 13.2 Å². The van der Waals surface area contributed by atoms with Gasteiger partial charge in [-0.15, -0.1) is 0 Å². The lowest BCUT2D eigenvalue weighted by Gasteiger charge is -2.38. The van der Waals surface area contributed by atoms with Crippen molar-refractivity contribution in [3.8, 4) is 0 Å². The second kappa shape index (κ2) is 5.83. The third-order valence-electron chi connectivity index (χ3n) is 4.72. The van der Waals surface area contributed by atoms with Gasteiger partial charge in [0.15, 0.2) is 9.84 Å². The highest BCUT2D eigenvalue weighted by atomic mass is 35.5. The van der Waals surface area contributed by atoms with Crippen molar-refractivity contribution in [2.45, 2.75) is 42.4 Å². The molecule has 1 aromatic rings. The number of fused-ring (bicyclic) bond motifs is 1. The van der Waals surface area contributed by atoms with Gasteiger partial charge >= 0.3 is 5.97 Å². The molecule has 2 N–H and O–H groups in total. The molecule has 124 valence electrons. The Morgan fingerprint density at radius 2 is 1.87 bits per heavy atom. The van der Waals surface area contributed by atoms with Crippen molar-refractivity contribution in [1.82, 2.24) is 0 Å². The minimum absolute atomic E-state index is 0.228. The summed E-state index contributed by atoms with van der Waals surface area (Å²) < 4.78 is 31.0. The Bertz CT molecular complexity index is 770. The van der Waals surface area contributed by atoms with E-state index < -0.39 is 21.1 Å². The quantitative estimate of drug-likeness (QED) is 0.823. The Kier molecular flexibility index (Phi) is 4.14. The number of hydrogen-bond acceptors (Lipinski definition) is 5. The zero-order chi connectivity index (χ0) is 16.8. The van der Waals surface area contributed by atoms with E-state index in [4.69, 9.17) is 22.1 Å². The van der Waals surface area contributed by atoms with Crippen LogP contribution in [-0.2, 0) is 19.4 Å². The van der Waals surface area contributed by atoms with E-state index in [9.17, 15) is 13.2 Å². The molecule has 2 aliphatic rings. The Balaban J connectivity index is 1.89. The molecule has 1 heterocycles. The molecule has 23 heavy (non-hydrogen) atoms. The molecule has 0 saturated heterocycles. The molecule has 1 aliphatic heterocycles. The van der Waals surface area contributed by atoms with Gasteiger partial charge in [-0.3, -0.25) is 0 Å². The van der Waals surface area contributed by atoms with E-state index in [-0.39, 0.29) is 16.9 Å². The summed E-state index contributed by atoms with van der Waals surface area (Å²) >= 11 is 5.82. The van der Waals surface area contributed by atoms with Crippen LogP contribution in [0.2, 0.25) is 5.02 Å². The van der Waals surface area contributed by atoms with E-state index >= 15 is 0 Å². The van der Waals surface area contributed by atoms with Crippen LogP contribution in [0, 0.1) is 5.92 Å². The molecule has 0 bridgehead atoms. The second-order valence-electron chi connectivity index (χ2n) is 6.06. The van der Waals surface area contributed by atoms with Gasteiger partial charge in [0.25, 0.3) is 0 Å². The molecule has 0 amide bonds. The molecule has 1 saturated carbocycles. The smallest absolute Gasteiger partial charge is 0.335 e. The van der Waals surface area contributed by atoms with E-state index in [2.05, 4.69) is 0 Å². The Labute approximate surface area is 140 Å². The zero-order valence-corrected chi connectivity index (χ0v) is 14.2. The second-order valence-corrected chi connectivity index (χ2v) is 8.73. The lowest BCUT2D eigenvalue weighted by atomic mass is 9.81. The van der Waals surface area contributed by atoms with Crippen molar-refractivity contribution < 1.29 is 17.9 Å². The van der Waals surface area contributed by atoms with E-state index in [0.29, 0.717) is 35.6 Å². The largest absolute Gasteiger partial charge is 0.458 e. The fraction of sp³-hybridized carbons (Fsp3) is 0.438. The summed E-state index contributed by atoms with van der Waals surface area (Å²) in [7, 11) is -3.46. The van der Waals surface area contributed by atoms with Crippen molar-refractivity contribution in [2.75, 3.05) is 0 Å². The van der Waals surface area contributed by atoms with Crippen LogP contribution < -0.4 is 5.73 Å². The summed E-state index contributed by atoms with van der Waals surface area (Å²) in [6, 6.07) is 6.19. The fourth-order valence-electron chi connectivity index (χ4n) is 3.29. The minimum atomic E-state index is -3.46. The van der Waals surface area contributed by atoms with Crippen LogP contribution >= 0.6 is 11.6 Å². The predicted octanol–water partition coefficient (Wildman–Crippen LogP) is 2.44. The Hall–Kier alpha value is -1.53. The molecule has 3 rings (SSSR count). The standard InChI is InChI=1S/C16H18ClNO4S/c1-9-15(18)13-8-12(6-7-14(13)22-16(9)19)23(20,21)11-4-2-10(17)3-5-11/h2-5,12-14H,6-8,18H2,1H3. The first-order valence-corrected chi connectivity index (χ1v) is 9.40. The van der Waals surface area contributed by atoms with E-state index in [1.165, 1.54) is 12.1 Å². The summed E-state index contributed by atoms with van der Waals surface area (Å²) in [4.78, 5) is 12.0. The number of benzene rings is 1. The van der Waals surface area contributed by atoms with E-state index in [1.807, 2.05) is 0 Å². The molecule has 0 radical (unpaired) electrons. The number of sulfone groups is 1. The SMILES string of the molecule is CC1=C(N)C2CC(S(=O)(=O)c3ccc(Cl)cc3)CCC2OC1=O. The molecule has 1 fully saturated rings. The first-order valence-electron chi connectivity index (χ1n) is 7.47. The van der Waals surface area contributed by atoms with Gasteiger partial charge in [0.05, 0.1) is 15.7 Å². The molecule has 0 aromatic heterocycles. The maximum Gasteiger partial charge on any atom is 0.335 e. The molecule has 3 atom stereocenters. The first-order chi connectivity index (χ1) is 10.8. The molecule has 0 spiro atoms. The summed E-state index contributed by atoms with van der Waals surface area (Å²) in [6.45, 7) is 1.62. The molecular formula is C16H18ClNO4S. The van der Waals surface area contributed by atoms with Crippen LogP contribution in [0.15, 0.2) is 40.4 Å². The van der Waals surface area contributed by atoms with Crippen LogP contribution in [0.5, 0.6) is 0 Å². The maximum absolute atomic E-state index is 12.8. The lowest BCUT2D eigenvalue weighted by molar-refractivity contribution is -0.150. The highest BCUT2D eigenvalue weighted by molar-refractivity contribution is 7.92. The number of carbonyl (C=O) groups is 1. The Morgan fingerprint density at radius 3 is 2.52 bits per heavy atom. The van der Waals surface area contributed by atoms with Gasteiger partial charge in [0.2, 0.25) is 0 Å². The average molecular weight is 356 g/mol. The highest BCUT2D eigenvalue weighted by Crippen LogP contribution is 2.39. The van der Waals surface area contributed by atoms with Crippen molar-refractivity contribution in [2.24, 2.45) is 11.7 Å². The average Bonchev–Trinajstić information content (AvgIpc) is 2.53. The highest BCUT2D eigenvalue weighted by Gasteiger charge is 2.43. The zero-order valence-electron chi connectivity index (χ0n) is 12.7. The monoisotopic (exact) mass is 355 g/mol. The summed E-state index contributed by atoms with van der Waals surface area (Å²) in [6.07, 6.45) is 1.00. The van der Waals surface area contributed by atoms with Gasteiger partial charge < -0.3 is 10.5 Å². The van der Waals surface area contributed by atoms with Gasteiger partial charge in [-0.1, -0.05) is 11.6 Å². The number of carbonyl (C=O) groups excluding carboxylic acids is 1. The third-order valence-corrected chi connectivity index (χ3v) is 7.20. The maximum atomic E-state index is 12.8. The summed E-state index contributed by atoms with van der Waals surface area (Å²) in [5.74, 6) is -0.628. The van der Waals surface area contributed by atoms with Gasteiger partial charge in [-0.2, -0.15) is 0 Å². The number of halogens is 1. The summed E-state index contributed by atoms with van der Waals surface area (Å²) in [5.41, 5.74) is 6.90. The van der Waals surface area contributed by atoms with Crippen LogP contribution in [0.3, 0.4) is 0 Å². The molecule has 1 aliphatic carbocycles. The van der Waals surface area contributed by atoms with Gasteiger partial charge in [-0.05, 0) is 50.5 Å². The van der Waals surface area contributed by atoms with Crippen LogP contribution in [0.4, 0.5) is 0 Å². The normalized spacial score (nSPS) is 28.3. The number of nitrogens with two attached hydrogens (primary N) is 1. The predicted molar refractivity (Wildman–Crippen MR) is 86.5 cm³/mol. The fourth-order valence-corrected chi connectivity index (χ4v) is 5.23. The van der Waals surface area contributed by atoms with Crippen LogP contribution in [0.25, 0.3) is 0 Å². The van der Waals surface area contributed by atoms with Crippen molar-refractivity contribution in [3.05, 3.63) is 40.6 Å². The molecule has 1 aromatic carbocycles. The van der Waals surface area contributed by atoms with E-state index in [1.54, 1.807) is 19.1 Å². The van der Waals surface area contributed by atoms with Crippen molar-refractivity contribution >= 4 is 27.4 Å². The molecule has 7 heteroatoms. The molecule has 5 nitrogen and oxygen atoms in total. The van der Waals surface area contributed by atoms with Gasteiger partial charge in [0.1, 0.15) is 6.10 Å². The van der Waals surface area contributed by atoms with Crippen LogP contribution in [0.1, 0.15) is 26.2 Å². The number of ether oxygens (including phenoxy) is 1. The lowest BCUT2D eigenvalue weighted by Crippen LogP contribution is -2.44. The van der Waals surface area contributed by atoms with Crippen molar-refractivity contribution in [3.63, 3.8) is 0 Å². The number of hydrogen-bond donors (Lipinski definition) is 1. The van der Waals surface area contributed by atoms with Crippen molar-refractivity contribution in [1.29, 1.82) is 0 Å². The third kappa shape index (κ3) is 2.85. The van der Waals surface area contributed by atoms with Crippen LogP contribution in [-0.4, -0.2) is 25.7 Å². The number of rotatable bonds is 2. The van der Waals surface area contributed by atoms with E-state index in [0.717, 1.165) is 0 Å². The Morgan fingerprint density at radius 1 is 1.22 bits per heavy atom. The van der Waals surface area contributed by atoms with Gasteiger partial charge in [0, 0.05) is 16.6 Å². The first kappa shape index (κ1) is 16.3. The minimum Gasteiger partial charge on any atom is -0.458 e. The number of esters is 1. The molecular weight excluding hydrogens is 338 g/mol. The summed E-state index contributed by atoms with van der Waals surface area (Å²) in [5, 5.41) is -0.0391.